The van der Waals surface area contributed by atoms with Crippen LogP contribution in [0.15, 0.2) is 0 Å². The van der Waals surface area contributed by atoms with E-state index >= 15 is 0 Å². The first kappa shape index (κ1) is 16.9. The molecule has 2 unspecified atom stereocenters. The van der Waals surface area contributed by atoms with Crippen molar-refractivity contribution in [3.63, 3.8) is 0 Å². The number of hydrogen-bond acceptors (Lipinski definition) is 3. The summed E-state index contributed by atoms with van der Waals surface area (Å²) in [4.78, 5) is 23.0. The lowest BCUT2D eigenvalue weighted by molar-refractivity contribution is -0.124. The highest BCUT2D eigenvalue weighted by molar-refractivity contribution is 5.81. The zero-order valence-corrected chi connectivity index (χ0v) is 12.0. The van der Waals surface area contributed by atoms with Gasteiger partial charge in [-0.1, -0.05) is 13.3 Å². The second-order valence-corrected chi connectivity index (χ2v) is 4.58. The highest BCUT2D eigenvalue weighted by Gasteiger charge is 2.14. The largest absolute Gasteiger partial charge is 0.356 e. The van der Waals surface area contributed by atoms with E-state index in [0.29, 0.717) is 19.5 Å². The Hall–Kier alpha value is -1.10. The van der Waals surface area contributed by atoms with Gasteiger partial charge in [-0.05, 0) is 27.2 Å². The van der Waals surface area contributed by atoms with Crippen LogP contribution >= 0.6 is 0 Å². The van der Waals surface area contributed by atoms with Gasteiger partial charge in [0.05, 0.1) is 6.04 Å². The average molecular weight is 257 g/mol. The summed E-state index contributed by atoms with van der Waals surface area (Å²) in [5.74, 6) is 0.00353. The van der Waals surface area contributed by atoms with Gasteiger partial charge in [0.2, 0.25) is 11.8 Å². The maximum absolute atomic E-state index is 11.8. The molecule has 0 rings (SSSR count). The van der Waals surface area contributed by atoms with E-state index in [1.54, 1.807) is 0 Å². The lowest BCUT2D eigenvalue weighted by Gasteiger charge is -2.18. The van der Waals surface area contributed by atoms with Gasteiger partial charge in [-0.25, -0.2) is 0 Å². The highest BCUT2D eigenvalue weighted by Crippen LogP contribution is 1.95. The molecule has 5 nitrogen and oxygen atoms in total. The second kappa shape index (κ2) is 9.88. The van der Waals surface area contributed by atoms with Crippen LogP contribution in [0.3, 0.4) is 0 Å². The van der Waals surface area contributed by atoms with Gasteiger partial charge >= 0.3 is 0 Å². The third-order valence-corrected chi connectivity index (χ3v) is 2.68. The Morgan fingerprint density at radius 1 is 1.17 bits per heavy atom. The average Bonchev–Trinajstić information content (AvgIpc) is 2.29. The summed E-state index contributed by atoms with van der Waals surface area (Å²) in [5, 5.41) is 8.71. The zero-order valence-electron chi connectivity index (χ0n) is 12.0. The Bertz CT molecular complexity index is 257. The molecular formula is C13H27N3O2. The molecular weight excluding hydrogens is 230 g/mol. The fraction of sp³-hybridized carbons (Fsp3) is 0.846. The molecule has 0 saturated carbocycles. The lowest BCUT2D eigenvalue weighted by Crippen LogP contribution is -2.46. The quantitative estimate of drug-likeness (QED) is 0.572. The SMILES string of the molecule is CCCC(C)NC(=O)C(C)NCCC(=O)NCC. The first-order valence-electron chi connectivity index (χ1n) is 6.81. The fourth-order valence-electron chi connectivity index (χ4n) is 1.65. The molecule has 3 N–H and O–H groups in total. The summed E-state index contributed by atoms with van der Waals surface area (Å²) in [6.07, 6.45) is 2.44. The third kappa shape index (κ3) is 8.06. The molecule has 2 atom stereocenters. The molecule has 0 aromatic heterocycles. The smallest absolute Gasteiger partial charge is 0.237 e. The Labute approximate surface area is 110 Å². The van der Waals surface area contributed by atoms with Crippen molar-refractivity contribution in [1.29, 1.82) is 0 Å². The van der Waals surface area contributed by atoms with E-state index in [1.165, 1.54) is 0 Å². The van der Waals surface area contributed by atoms with Crippen molar-refractivity contribution in [2.75, 3.05) is 13.1 Å². The summed E-state index contributed by atoms with van der Waals surface area (Å²) in [7, 11) is 0. The van der Waals surface area contributed by atoms with Crippen molar-refractivity contribution in [3.8, 4) is 0 Å². The molecule has 0 bridgehead atoms. The van der Waals surface area contributed by atoms with E-state index in [0.717, 1.165) is 12.8 Å². The lowest BCUT2D eigenvalue weighted by atomic mass is 10.2. The van der Waals surface area contributed by atoms with E-state index in [4.69, 9.17) is 0 Å². The van der Waals surface area contributed by atoms with Gasteiger partial charge in [0, 0.05) is 25.6 Å². The van der Waals surface area contributed by atoms with Gasteiger partial charge in [-0.2, -0.15) is 0 Å². The maximum Gasteiger partial charge on any atom is 0.237 e. The number of carbonyl (C=O) groups is 2. The first-order valence-corrected chi connectivity index (χ1v) is 6.81. The minimum atomic E-state index is -0.265. The van der Waals surface area contributed by atoms with Crippen molar-refractivity contribution < 1.29 is 9.59 Å². The Kier molecular flexibility index (Phi) is 9.28. The van der Waals surface area contributed by atoms with Crippen LogP contribution in [-0.2, 0) is 9.59 Å². The van der Waals surface area contributed by atoms with Gasteiger partial charge in [-0.15, -0.1) is 0 Å². The van der Waals surface area contributed by atoms with Crippen LogP contribution in [-0.4, -0.2) is 37.0 Å². The summed E-state index contributed by atoms with van der Waals surface area (Å²) in [5.41, 5.74) is 0. The minimum Gasteiger partial charge on any atom is -0.356 e. The van der Waals surface area contributed by atoms with E-state index in [-0.39, 0.29) is 23.9 Å². The highest BCUT2D eigenvalue weighted by atomic mass is 16.2. The van der Waals surface area contributed by atoms with E-state index in [1.807, 2.05) is 20.8 Å². The summed E-state index contributed by atoms with van der Waals surface area (Å²) in [6, 6.07) is -0.0612. The number of rotatable bonds is 9. The molecule has 18 heavy (non-hydrogen) atoms. The van der Waals surface area contributed by atoms with Crippen molar-refractivity contribution in [1.82, 2.24) is 16.0 Å². The third-order valence-electron chi connectivity index (χ3n) is 2.68. The molecule has 0 aromatic rings. The molecule has 0 fully saturated rings. The molecule has 0 heterocycles. The Balaban J connectivity index is 3.77. The Morgan fingerprint density at radius 2 is 1.83 bits per heavy atom. The molecule has 0 aliphatic heterocycles. The molecule has 0 aliphatic carbocycles. The molecule has 0 radical (unpaired) electrons. The van der Waals surface area contributed by atoms with Gasteiger partial charge in [0.1, 0.15) is 0 Å². The molecule has 0 aromatic carbocycles. The second-order valence-electron chi connectivity index (χ2n) is 4.58. The molecule has 0 saturated heterocycles. The molecule has 0 aliphatic rings. The number of nitrogens with one attached hydrogen (secondary N) is 3. The van der Waals surface area contributed by atoms with Crippen molar-refractivity contribution >= 4 is 11.8 Å². The summed E-state index contributed by atoms with van der Waals surface area (Å²) >= 11 is 0. The fourth-order valence-corrected chi connectivity index (χ4v) is 1.65. The van der Waals surface area contributed by atoms with Gasteiger partial charge in [-0.3, -0.25) is 9.59 Å². The zero-order chi connectivity index (χ0) is 14.0. The normalized spacial score (nSPS) is 13.8. The van der Waals surface area contributed by atoms with Crippen LogP contribution in [0.5, 0.6) is 0 Å². The molecule has 106 valence electrons. The standard InChI is InChI=1S/C13H27N3O2/c1-5-7-10(3)16-13(18)11(4)15-9-8-12(17)14-6-2/h10-11,15H,5-9H2,1-4H3,(H,14,17)(H,16,18). The van der Waals surface area contributed by atoms with Gasteiger partial charge in [0.25, 0.3) is 0 Å². The van der Waals surface area contributed by atoms with Crippen LogP contribution in [0.25, 0.3) is 0 Å². The molecule has 0 spiro atoms. The van der Waals surface area contributed by atoms with Crippen molar-refractivity contribution in [3.05, 3.63) is 0 Å². The van der Waals surface area contributed by atoms with E-state index in [2.05, 4.69) is 22.9 Å². The van der Waals surface area contributed by atoms with Crippen molar-refractivity contribution in [2.45, 2.75) is 59.0 Å². The summed E-state index contributed by atoms with van der Waals surface area (Å²) < 4.78 is 0. The van der Waals surface area contributed by atoms with E-state index < -0.39 is 0 Å². The number of hydrogen-bond donors (Lipinski definition) is 3. The topological polar surface area (TPSA) is 70.2 Å². The van der Waals surface area contributed by atoms with Crippen LogP contribution < -0.4 is 16.0 Å². The first-order chi connectivity index (χ1) is 8.51. The number of carbonyl (C=O) groups excluding carboxylic acids is 2. The number of amides is 2. The molecule has 2 amide bonds. The predicted octanol–water partition coefficient (Wildman–Crippen LogP) is 0.796. The van der Waals surface area contributed by atoms with Crippen LogP contribution in [0.2, 0.25) is 0 Å². The van der Waals surface area contributed by atoms with Crippen LogP contribution in [0, 0.1) is 0 Å². The Morgan fingerprint density at radius 3 is 2.39 bits per heavy atom. The maximum atomic E-state index is 11.8. The van der Waals surface area contributed by atoms with Crippen molar-refractivity contribution in [2.24, 2.45) is 0 Å². The van der Waals surface area contributed by atoms with E-state index in [9.17, 15) is 9.59 Å². The van der Waals surface area contributed by atoms with Gasteiger partial charge < -0.3 is 16.0 Å². The molecule has 5 heteroatoms. The van der Waals surface area contributed by atoms with Gasteiger partial charge in [0.15, 0.2) is 0 Å². The summed E-state index contributed by atoms with van der Waals surface area (Å²) in [6.45, 7) is 8.95. The van der Waals surface area contributed by atoms with Crippen LogP contribution in [0.1, 0.15) is 47.0 Å². The van der Waals surface area contributed by atoms with Crippen LogP contribution in [0.4, 0.5) is 0 Å². The predicted molar refractivity (Wildman–Crippen MR) is 73.3 cm³/mol. The minimum absolute atomic E-state index is 0.00755. The monoisotopic (exact) mass is 257 g/mol.